The van der Waals surface area contributed by atoms with Crippen molar-refractivity contribution in [1.29, 1.82) is 0 Å². The summed E-state index contributed by atoms with van der Waals surface area (Å²) in [5.41, 5.74) is 6.57. The SMILES string of the molecule is COc1ccc(C2=C[C@@H]3c4ccccc4OC4(CCN(C(C)C)CC4)N3N2)c(OC)c1. The minimum Gasteiger partial charge on any atom is -0.497 e. The molecule has 2 aromatic carbocycles. The van der Waals surface area contributed by atoms with Crippen molar-refractivity contribution in [3.8, 4) is 17.2 Å². The van der Waals surface area contributed by atoms with Crippen LogP contribution in [-0.4, -0.2) is 49.0 Å². The van der Waals surface area contributed by atoms with Crippen molar-refractivity contribution in [2.24, 2.45) is 0 Å². The van der Waals surface area contributed by atoms with Gasteiger partial charge in [-0.2, -0.15) is 5.01 Å². The molecule has 0 unspecified atom stereocenters. The van der Waals surface area contributed by atoms with Gasteiger partial charge in [-0.05, 0) is 38.1 Å². The summed E-state index contributed by atoms with van der Waals surface area (Å²) in [6.07, 6.45) is 4.19. The fraction of sp³-hybridized carbons (Fsp3) is 0.440. The summed E-state index contributed by atoms with van der Waals surface area (Å²) in [7, 11) is 3.37. The fourth-order valence-electron chi connectivity index (χ4n) is 5.03. The normalized spacial score (nSPS) is 22.4. The molecule has 0 amide bonds. The quantitative estimate of drug-likeness (QED) is 0.798. The molecule has 164 valence electrons. The van der Waals surface area contributed by atoms with E-state index in [0.717, 1.165) is 54.4 Å². The lowest BCUT2D eigenvalue weighted by atomic mass is 9.92. The third-order valence-electron chi connectivity index (χ3n) is 6.83. The highest BCUT2D eigenvalue weighted by Gasteiger charge is 2.51. The van der Waals surface area contributed by atoms with E-state index in [9.17, 15) is 0 Å². The molecule has 3 heterocycles. The van der Waals surface area contributed by atoms with Gasteiger partial charge in [0.1, 0.15) is 17.2 Å². The topological polar surface area (TPSA) is 46.2 Å². The van der Waals surface area contributed by atoms with Crippen molar-refractivity contribution in [2.45, 2.75) is 44.5 Å². The maximum atomic E-state index is 6.73. The molecular weight excluding hydrogens is 390 g/mol. The molecule has 0 saturated carbocycles. The molecule has 1 saturated heterocycles. The molecule has 1 atom stereocenters. The number of ether oxygens (including phenoxy) is 3. The maximum absolute atomic E-state index is 6.73. The van der Waals surface area contributed by atoms with E-state index < -0.39 is 0 Å². The first kappa shape index (κ1) is 20.2. The summed E-state index contributed by atoms with van der Waals surface area (Å²) in [4.78, 5) is 2.53. The van der Waals surface area contributed by atoms with Gasteiger partial charge in [-0.25, -0.2) is 0 Å². The maximum Gasteiger partial charge on any atom is 0.182 e. The minimum absolute atomic E-state index is 0.109. The Morgan fingerprint density at radius 3 is 2.55 bits per heavy atom. The van der Waals surface area contributed by atoms with Crippen LogP contribution in [0.2, 0.25) is 0 Å². The molecule has 6 heteroatoms. The number of hydrogen-bond donors (Lipinski definition) is 1. The number of methoxy groups -OCH3 is 2. The average molecular weight is 422 g/mol. The Bertz CT molecular complexity index is 995. The predicted octanol–water partition coefficient (Wildman–Crippen LogP) is 4.20. The van der Waals surface area contributed by atoms with Crippen molar-refractivity contribution in [3.05, 3.63) is 59.7 Å². The largest absolute Gasteiger partial charge is 0.497 e. The monoisotopic (exact) mass is 421 g/mol. The number of nitrogens with zero attached hydrogens (tertiary/aromatic N) is 2. The number of hydrazine groups is 1. The molecule has 1 fully saturated rings. The van der Waals surface area contributed by atoms with E-state index in [2.05, 4.69) is 65.6 Å². The lowest BCUT2D eigenvalue weighted by molar-refractivity contribution is -0.161. The second-order valence-corrected chi connectivity index (χ2v) is 8.79. The van der Waals surface area contributed by atoms with E-state index in [0.29, 0.717) is 6.04 Å². The van der Waals surface area contributed by atoms with Crippen LogP contribution in [0.15, 0.2) is 48.5 Å². The Labute approximate surface area is 184 Å². The van der Waals surface area contributed by atoms with Gasteiger partial charge in [-0.15, -0.1) is 0 Å². The van der Waals surface area contributed by atoms with Crippen molar-refractivity contribution in [1.82, 2.24) is 15.3 Å². The van der Waals surface area contributed by atoms with Crippen LogP contribution in [0.5, 0.6) is 17.2 Å². The highest BCUT2D eigenvalue weighted by molar-refractivity contribution is 5.72. The van der Waals surface area contributed by atoms with E-state index in [1.165, 1.54) is 5.56 Å². The third kappa shape index (κ3) is 3.34. The Kier molecular flexibility index (Phi) is 5.07. The van der Waals surface area contributed by atoms with Gasteiger partial charge in [0.05, 0.1) is 26.0 Å². The number of fused-ring (bicyclic) bond motifs is 4. The first-order chi connectivity index (χ1) is 15.0. The Morgan fingerprint density at radius 1 is 1.06 bits per heavy atom. The van der Waals surface area contributed by atoms with Crippen molar-refractivity contribution in [2.75, 3.05) is 27.3 Å². The molecule has 1 spiro atoms. The summed E-state index contributed by atoms with van der Waals surface area (Å²) in [5.74, 6) is 2.56. The average Bonchev–Trinajstić information content (AvgIpc) is 3.25. The summed E-state index contributed by atoms with van der Waals surface area (Å²) in [6, 6.07) is 15.0. The lowest BCUT2D eigenvalue weighted by Crippen LogP contribution is -2.64. The zero-order valence-electron chi connectivity index (χ0n) is 18.7. The third-order valence-corrected chi connectivity index (χ3v) is 6.83. The minimum atomic E-state index is -0.373. The molecule has 3 aliphatic rings. The second kappa shape index (κ2) is 7.77. The van der Waals surface area contributed by atoms with Gasteiger partial charge in [0.25, 0.3) is 0 Å². The molecule has 5 rings (SSSR count). The Morgan fingerprint density at radius 2 is 1.84 bits per heavy atom. The van der Waals surface area contributed by atoms with Crippen molar-refractivity contribution in [3.63, 3.8) is 0 Å². The van der Waals surface area contributed by atoms with Gasteiger partial charge >= 0.3 is 0 Å². The Balaban J connectivity index is 1.53. The molecule has 0 bridgehead atoms. The number of likely N-dealkylation sites (tertiary alicyclic amines) is 1. The van der Waals surface area contributed by atoms with Crippen molar-refractivity contribution < 1.29 is 14.2 Å². The molecule has 3 aliphatic heterocycles. The summed E-state index contributed by atoms with van der Waals surface area (Å²) < 4.78 is 17.8. The van der Waals surface area contributed by atoms with Gasteiger partial charge in [0.2, 0.25) is 0 Å². The van der Waals surface area contributed by atoms with Gasteiger partial charge < -0.3 is 24.5 Å². The van der Waals surface area contributed by atoms with E-state index in [1.807, 2.05) is 12.1 Å². The van der Waals surface area contributed by atoms with Gasteiger partial charge in [-0.3, -0.25) is 0 Å². The number of para-hydroxylation sites is 1. The van der Waals surface area contributed by atoms with E-state index in [1.54, 1.807) is 14.2 Å². The van der Waals surface area contributed by atoms with Crippen LogP contribution in [0.25, 0.3) is 5.70 Å². The molecule has 0 radical (unpaired) electrons. The number of piperidine rings is 1. The van der Waals surface area contributed by atoms with E-state index >= 15 is 0 Å². The highest BCUT2D eigenvalue weighted by Crippen LogP contribution is 2.49. The molecule has 0 aromatic heterocycles. The van der Waals surface area contributed by atoms with Crippen molar-refractivity contribution >= 4 is 5.70 Å². The number of nitrogens with one attached hydrogen (secondary N) is 1. The second-order valence-electron chi connectivity index (χ2n) is 8.79. The van der Waals surface area contributed by atoms with E-state index in [-0.39, 0.29) is 11.8 Å². The fourth-order valence-corrected chi connectivity index (χ4v) is 5.03. The molecular formula is C25H31N3O3. The smallest absolute Gasteiger partial charge is 0.182 e. The molecule has 0 aliphatic carbocycles. The number of hydrogen-bond acceptors (Lipinski definition) is 6. The number of rotatable bonds is 4. The van der Waals surface area contributed by atoms with Crippen LogP contribution in [0.1, 0.15) is 43.9 Å². The summed E-state index contributed by atoms with van der Waals surface area (Å²) in [5, 5.41) is 2.33. The van der Waals surface area contributed by atoms with Gasteiger partial charge in [0.15, 0.2) is 5.72 Å². The highest BCUT2D eigenvalue weighted by atomic mass is 16.5. The van der Waals surface area contributed by atoms with Crippen LogP contribution < -0.4 is 19.6 Å². The lowest BCUT2D eigenvalue weighted by Gasteiger charge is -2.52. The molecule has 6 nitrogen and oxygen atoms in total. The molecule has 1 N–H and O–H groups in total. The van der Waals surface area contributed by atoms with Crippen LogP contribution in [0.3, 0.4) is 0 Å². The van der Waals surface area contributed by atoms with Crippen LogP contribution in [0, 0.1) is 0 Å². The zero-order chi connectivity index (χ0) is 21.6. The van der Waals surface area contributed by atoms with Crippen LogP contribution in [0.4, 0.5) is 0 Å². The van der Waals surface area contributed by atoms with Gasteiger partial charge in [0, 0.05) is 49.2 Å². The molecule has 31 heavy (non-hydrogen) atoms. The Hall–Kier alpha value is -2.70. The standard InChI is InChI=1S/C25H31N3O3/c1-17(2)27-13-11-25(12-14-27)28-22(20-7-5-6-8-23(20)31-25)16-21(26-28)19-10-9-18(29-3)15-24(19)30-4/h5-10,15-17,22,26H,11-14H2,1-4H3/t22-/m1/s1. The summed E-state index contributed by atoms with van der Waals surface area (Å²) >= 11 is 0. The predicted molar refractivity (Wildman–Crippen MR) is 121 cm³/mol. The van der Waals surface area contributed by atoms with E-state index in [4.69, 9.17) is 14.2 Å². The summed E-state index contributed by atoms with van der Waals surface area (Å²) in [6.45, 7) is 6.57. The van der Waals surface area contributed by atoms with Crippen LogP contribution in [-0.2, 0) is 0 Å². The van der Waals surface area contributed by atoms with Gasteiger partial charge in [-0.1, -0.05) is 18.2 Å². The first-order valence-corrected chi connectivity index (χ1v) is 11.1. The van der Waals surface area contributed by atoms with Crippen LogP contribution >= 0.6 is 0 Å². The number of benzene rings is 2. The molecule has 2 aromatic rings. The zero-order valence-corrected chi connectivity index (χ0v) is 18.7. The first-order valence-electron chi connectivity index (χ1n) is 11.1.